The van der Waals surface area contributed by atoms with Crippen molar-refractivity contribution in [2.24, 2.45) is 5.41 Å². The van der Waals surface area contributed by atoms with Crippen molar-refractivity contribution in [3.05, 3.63) is 21.6 Å². The summed E-state index contributed by atoms with van der Waals surface area (Å²) in [6.45, 7) is 5.74. The third-order valence-corrected chi connectivity index (χ3v) is 3.19. The van der Waals surface area contributed by atoms with Crippen LogP contribution in [0.1, 0.15) is 20.3 Å². The molecular weight excluding hydrogens is 244 g/mol. The average Bonchev–Trinajstić information content (AvgIpc) is 2.57. The van der Waals surface area contributed by atoms with Crippen LogP contribution in [0.3, 0.4) is 0 Å². The van der Waals surface area contributed by atoms with Crippen molar-refractivity contribution < 1.29 is 4.92 Å². The lowest BCUT2D eigenvalue weighted by atomic mass is 9.93. The molecule has 0 unspecified atom stereocenters. The maximum atomic E-state index is 11.0. The van der Waals surface area contributed by atoms with Crippen LogP contribution in [-0.2, 0) is 0 Å². The van der Waals surface area contributed by atoms with Gasteiger partial charge in [-0.1, -0.05) is 25.4 Å². The lowest BCUT2D eigenvalue weighted by Gasteiger charge is -2.20. The minimum Gasteiger partial charge on any atom is -0.350 e. The van der Waals surface area contributed by atoms with E-state index in [1.807, 2.05) is 4.90 Å². The average molecular weight is 257 g/mol. The van der Waals surface area contributed by atoms with Gasteiger partial charge in [0.2, 0.25) is 11.0 Å². The van der Waals surface area contributed by atoms with Gasteiger partial charge in [-0.15, -0.1) is 0 Å². The van der Waals surface area contributed by atoms with Crippen LogP contribution in [0.2, 0.25) is 5.15 Å². The molecule has 2 heterocycles. The van der Waals surface area contributed by atoms with Crippen molar-refractivity contribution in [3.8, 4) is 0 Å². The molecule has 0 N–H and O–H groups in total. The molecule has 1 aromatic rings. The number of aromatic nitrogens is 2. The molecule has 6 nitrogen and oxygen atoms in total. The normalized spacial score (nSPS) is 18.4. The fourth-order valence-electron chi connectivity index (χ4n) is 2.03. The first-order chi connectivity index (χ1) is 7.91. The first kappa shape index (κ1) is 12.0. The molecule has 1 saturated heterocycles. The number of hydrogen-bond acceptors (Lipinski definition) is 5. The Labute approximate surface area is 104 Å². The Bertz CT molecular complexity index is 464. The van der Waals surface area contributed by atoms with Crippen molar-refractivity contribution in [2.75, 3.05) is 18.0 Å². The summed E-state index contributed by atoms with van der Waals surface area (Å²) in [6.07, 6.45) is 2.24. The van der Waals surface area contributed by atoms with Gasteiger partial charge in [0.05, 0.1) is 4.92 Å². The first-order valence-electron chi connectivity index (χ1n) is 5.30. The summed E-state index contributed by atoms with van der Waals surface area (Å²) in [4.78, 5) is 20.0. The highest BCUT2D eigenvalue weighted by molar-refractivity contribution is 6.31. The topological polar surface area (TPSA) is 72.2 Å². The van der Waals surface area contributed by atoms with Crippen LogP contribution in [0.15, 0.2) is 6.33 Å². The molecule has 0 amide bonds. The van der Waals surface area contributed by atoms with Gasteiger partial charge >= 0.3 is 5.69 Å². The molecule has 92 valence electrons. The minimum absolute atomic E-state index is 0.107. The van der Waals surface area contributed by atoms with Crippen molar-refractivity contribution in [1.29, 1.82) is 0 Å². The van der Waals surface area contributed by atoms with Gasteiger partial charge in [-0.05, 0) is 11.8 Å². The van der Waals surface area contributed by atoms with E-state index in [1.165, 1.54) is 6.33 Å². The summed E-state index contributed by atoms with van der Waals surface area (Å²) in [6, 6.07) is 0. The summed E-state index contributed by atoms with van der Waals surface area (Å²) < 4.78 is 0. The largest absolute Gasteiger partial charge is 0.350 e. The molecule has 0 atom stereocenters. The molecule has 1 fully saturated rings. The highest BCUT2D eigenvalue weighted by Gasteiger charge is 2.34. The van der Waals surface area contributed by atoms with E-state index in [4.69, 9.17) is 11.6 Å². The van der Waals surface area contributed by atoms with Gasteiger partial charge < -0.3 is 4.90 Å². The van der Waals surface area contributed by atoms with Crippen LogP contribution < -0.4 is 4.90 Å². The summed E-state index contributed by atoms with van der Waals surface area (Å²) in [7, 11) is 0. The molecule has 1 aliphatic rings. The number of nitrogens with zero attached hydrogens (tertiary/aromatic N) is 4. The van der Waals surface area contributed by atoms with E-state index in [1.54, 1.807) is 0 Å². The number of halogens is 1. The van der Waals surface area contributed by atoms with Gasteiger partial charge in [-0.3, -0.25) is 10.1 Å². The van der Waals surface area contributed by atoms with E-state index < -0.39 is 4.92 Å². The van der Waals surface area contributed by atoms with Crippen LogP contribution in [0.25, 0.3) is 0 Å². The number of hydrogen-bond donors (Lipinski definition) is 0. The van der Waals surface area contributed by atoms with E-state index in [9.17, 15) is 10.1 Å². The molecule has 1 aromatic heterocycles. The van der Waals surface area contributed by atoms with Crippen molar-refractivity contribution in [3.63, 3.8) is 0 Å². The summed E-state index contributed by atoms with van der Waals surface area (Å²) >= 11 is 5.75. The summed E-state index contributed by atoms with van der Waals surface area (Å²) in [5.41, 5.74) is -0.0578. The third kappa shape index (κ3) is 2.31. The Morgan fingerprint density at radius 3 is 2.76 bits per heavy atom. The number of rotatable bonds is 2. The summed E-state index contributed by atoms with van der Waals surface area (Å²) in [5, 5.41) is 10.9. The van der Waals surface area contributed by atoms with E-state index >= 15 is 0 Å². The molecule has 17 heavy (non-hydrogen) atoms. The van der Waals surface area contributed by atoms with E-state index in [2.05, 4.69) is 23.8 Å². The van der Waals surface area contributed by atoms with Gasteiger partial charge in [0, 0.05) is 13.1 Å². The highest BCUT2D eigenvalue weighted by Crippen LogP contribution is 2.37. The third-order valence-electron chi connectivity index (χ3n) is 2.92. The van der Waals surface area contributed by atoms with E-state index in [0.29, 0.717) is 5.82 Å². The van der Waals surface area contributed by atoms with Gasteiger partial charge in [0.25, 0.3) is 0 Å². The van der Waals surface area contributed by atoms with Gasteiger partial charge in [-0.2, -0.15) is 0 Å². The fourth-order valence-corrected chi connectivity index (χ4v) is 2.23. The van der Waals surface area contributed by atoms with Gasteiger partial charge in [-0.25, -0.2) is 9.97 Å². The maximum Gasteiger partial charge on any atom is 0.348 e. The summed E-state index contributed by atoms with van der Waals surface area (Å²) in [5.74, 6) is 0.320. The quantitative estimate of drug-likeness (QED) is 0.461. The first-order valence-corrected chi connectivity index (χ1v) is 5.68. The number of nitro groups is 1. The Hall–Kier alpha value is -1.43. The van der Waals surface area contributed by atoms with Gasteiger partial charge in [0.1, 0.15) is 6.33 Å². The SMILES string of the molecule is CC1(C)CCN(c2ncnc(Cl)c2[N+](=O)[O-])C1. The van der Waals surface area contributed by atoms with Crippen LogP contribution in [-0.4, -0.2) is 28.0 Å². The Morgan fingerprint density at radius 2 is 2.24 bits per heavy atom. The molecule has 7 heteroatoms. The van der Waals surface area contributed by atoms with Crippen LogP contribution >= 0.6 is 11.6 Å². The standard InChI is InChI=1S/C10H13ClN4O2/c1-10(2)3-4-14(5-10)9-7(15(16)17)8(11)12-6-13-9/h6H,3-5H2,1-2H3. The predicted molar refractivity (Wildman–Crippen MR) is 64.3 cm³/mol. The van der Waals surface area contributed by atoms with E-state index in [-0.39, 0.29) is 16.3 Å². The predicted octanol–water partition coefficient (Wildman–Crippen LogP) is 2.27. The lowest BCUT2D eigenvalue weighted by Crippen LogP contribution is -2.24. The Balaban J connectivity index is 2.40. The molecule has 0 spiro atoms. The monoisotopic (exact) mass is 256 g/mol. The van der Waals surface area contributed by atoms with Crippen LogP contribution in [0.4, 0.5) is 11.5 Å². The Kier molecular flexibility index (Phi) is 2.91. The molecule has 2 rings (SSSR count). The zero-order valence-corrected chi connectivity index (χ0v) is 10.4. The molecule has 0 radical (unpaired) electrons. The van der Waals surface area contributed by atoms with Crippen molar-refractivity contribution in [1.82, 2.24) is 9.97 Å². The molecule has 0 bridgehead atoms. The van der Waals surface area contributed by atoms with E-state index in [0.717, 1.165) is 19.5 Å². The number of anilines is 1. The minimum atomic E-state index is -0.525. The van der Waals surface area contributed by atoms with Gasteiger partial charge in [0.15, 0.2) is 0 Å². The molecule has 0 aromatic carbocycles. The molecule has 0 saturated carbocycles. The second-order valence-corrected chi connectivity index (χ2v) is 5.29. The maximum absolute atomic E-state index is 11.0. The zero-order valence-electron chi connectivity index (χ0n) is 9.68. The highest BCUT2D eigenvalue weighted by atomic mass is 35.5. The molecule has 0 aliphatic carbocycles. The second-order valence-electron chi connectivity index (χ2n) is 4.93. The second kappa shape index (κ2) is 4.10. The smallest absolute Gasteiger partial charge is 0.348 e. The van der Waals surface area contributed by atoms with Crippen molar-refractivity contribution >= 4 is 23.1 Å². The van der Waals surface area contributed by atoms with Crippen molar-refractivity contribution in [2.45, 2.75) is 20.3 Å². The zero-order chi connectivity index (χ0) is 12.6. The molecule has 1 aliphatic heterocycles. The molecular formula is C10H13ClN4O2. The fraction of sp³-hybridized carbons (Fsp3) is 0.600. The van der Waals surface area contributed by atoms with Crippen LogP contribution in [0.5, 0.6) is 0 Å². The Morgan fingerprint density at radius 1 is 1.53 bits per heavy atom. The lowest BCUT2D eigenvalue weighted by molar-refractivity contribution is -0.384. The van der Waals surface area contributed by atoms with Crippen LogP contribution in [0, 0.1) is 15.5 Å².